The molecule has 0 saturated heterocycles. The molecule has 0 aromatic carbocycles. The monoisotopic (exact) mass is 251 g/mol. The number of hydrogen-bond donors (Lipinski definition) is 1. The molecule has 6 nitrogen and oxygen atoms in total. The molecule has 6 heteroatoms. The van der Waals surface area contributed by atoms with Gasteiger partial charge in [-0.05, 0) is 19.1 Å². The first-order chi connectivity index (χ1) is 8.56. The molecular formula is C12H17N3O3. The minimum absolute atomic E-state index is 0.0798. The van der Waals surface area contributed by atoms with Gasteiger partial charge >= 0.3 is 5.97 Å². The zero-order valence-electron chi connectivity index (χ0n) is 10.8. The second-order valence-corrected chi connectivity index (χ2v) is 3.76. The molecule has 1 heterocycles. The van der Waals surface area contributed by atoms with Gasteiger partial charge in [-0.2, -0.15) is 0 Å². The van der Waals surface area contributed by atoms with Crippen LogP contribution in [0.4, 0.5) is 5.82 Å². The third kappa shape index (κ3) is 3.73. The summed E-state index contributed by atoms with van der Waals surface area (Å²) in [7, 11) is 3.32. The van der Waals surface area contributed by atoms with Gasteiger partial charge in [0.05, 0.1) is 13.2 Å². The second-order valence-electron chi connectivity index (χ2n) is 3.76. The van der Waals surface area contributed by atoms with E-state index in [9.17, 15) is 9.59 Å². The van der Waals surface area contributed by atoms with Gasteiger partial charge in [0.15, 0.2) is 0 Å². The number of nitrogens with zero attached hydrogens (tertiary/aromatic N) is 2. The highest BCUT2D eigenvalue weighted by atomic mass is 16.5. The summed E-state index contributed by atoms with van der Waals surface area (Å²) >= 11 is 0. The van der Waals surface area contributed by atoms with Crippen molar-refractivity contribution in [2.75, 3.05) is 32.6 Å². The van der Waals surface area contributed by atoms with E-state index in [-0.39, 0.29) is 12.5 Å². The molecule has 0 unspecified atom stereocenters. The zero-order valence-corrected chi connectivity index (χ0v) is 10.8. The van der Waals surface area contributed by atoms with Crippen LogP contribution in [0.2, 0.25) is 0 Å². The van der Waals surface area contributed by atoms with Crippen LogP contribution >= 0.6 is 0 Å². The molecule has 0 spiro atoms. The zero-order chi connectivity index (χ0) is 13.5. The Morgan fingerprint density at radius 2 is 2.17 bits per heavy atom. The van der Waals surface area contributed by atoms with Gasteiger partial charge in [0.2, 0.25) is 5.91 Å². The molecule has 98 valence electrons. The Hall–Kier alpha value is -2.11. The van der Waals surface area contributed by atoms with Crippen molar-refractivity contribution < 1.29 is 14.3 Å². The van der Waals surface area contributed by atoms with Gasteiger partial charge in [-0.15, -0.1) is 0 Å². The molecule has 0 aliphatic heterocycles. The average molecular weight is 251 g/mol. The number of rotatable bonds is 5. The van der Waals surface area contributed by atoms with Crippen molar-refractivity contribution in [2.45, 2.75) is 6.92 Å². The lowest BCUT2D eigenvalue weighted by molar-refractivity contribution is -0.126. The maximum Gasteiger partial charge on any atom is 0.341 e. The van der Waals surface area contributed by atoms with E-state index in [1.165, 1.54) is 4.90 Å². The third-order valence-electron chi connectivity index (χ3n) is 2.21. The minimum Gasteiger partial charge on any atom is -0.462 e. The van der Waals surface area contributed by atoms with Crippen LogP contribution in [0.3, 0.4) is 0 Å². The number of pyridine rings is 1. The highest BCUT2D eigenvalue weighted by Crippen LogP contribution is 2.12. The molecule has 1 N–H and O–H groups in total. The fourth-order valence-corrected chi connectivity index (χ4v) is 1.24. The molecule has 0 aliphatic rings. The molecule has 1 rings (SSSR count). The first-order valence-electron chi connectivity index (χ1n) is 5.62. The van der Waals surface area contributed by atoms with Crippen molar-refractivity contribution in [1.29, 1.82) is 0 Å². The van der Waals surface area contributed by atoms with Crippen molar-refractivity contribution >= 4 is 17.7 Å². The van der Waals surface area contributed by atoms with Gasteiger partial charge in [-0.25, -0.2) is 9.78 Å². The molecular weight excluding hydrogens is 234 g/mol. The first kappa shape index (κ1) is 14.0. The second kappa shape index (κ2) is 6.58. The lowest BCUT2D eigenvalue weighted by atomic mass is 10.2. The van der Waals surface area contributed by atoms with Crippen LogP contribution in [0.5, 0.6) is 0 Å². The van der Waals surface area contributed by atoms with Crippen LogP contribution in [-0.2, 0) is 9.53 Å². The largest absolute Gasteiger partial charge is 0.462 e. The Labute approximate surface area is 106 Å². The number of hydrogen-bond acceptors (Lipinski definition) is 5. The van der Waals surface area contributed by atoms with Gasteiger partial charge in [0.1, 0.15) is 11.4 Å². The van der Waals surface area contributed by atoms with E-state index >= 15 is 0 Å². The fourth-order valence-electron chi connectivity index (χ4n) is 1.24. The first-order valence-corrected chi connectivity index (χ1v) is 5.62. The van der Waals surface area contributed by atoms with Gasteiger partial charge < -0.3 is 15.0 Å². The van der Waals surface area contributed by atoms with E-state index < -0.39 is 5.97 Å². The van der Waals surface area contributed by atoms with Crippen molar-refractivity contribution in [2.24, 2.45) is 0 Å². The van der Waals surface area contributed by atoms with Crippen LogP contribution in [-0.4, -0.2) is 49.0 Å². The molecule has 0 aliphatic carbocycles. The Morgan fingerprint density at radius 3 is 2.78 bits per heavy atom. The van der Waals surface area contributed by atoms with Crippen molar-refractivity contribution in [3.63, 3.8) is 0 Å². The normalized spacial score (nSPS) is 9.72. The molecule has 0 fully saturated rings. The number of aromatic nitrogens is 1. The summed E-state index contributed by atoms with van der Waals surface area (Å²) in [4.78, 5) is 28.6. The molecule has 0 radical (unpaired) electrons. The van der Waals surface area contributed by atoms with Crippen LogP contribution in [0, 0.1) is 0 Å². The molecule has 0 saturated carbocycles. The van der Waals surface area contributed by atoms with Crippen LogP contribution in [0.15, 0.2) is 18.3 Å². The highest BCUT2D eigenvalue weighted by Gasteiger charge is 2.14. The molecule has 1 amide bonds. The number of anilines is 1. The Kier molecular flexibility index (Phi) is 5.10. The van der Waals surface area contributed by atoms with Crippen molar-refractivity contribution in [3.05, 3.63) is 23.9 Å². The number of carbonyl (C=O) groups excluding carboxylic acids is 2. The smallest absolute Gasteiger partial charge is 0.341 e. The van der Waals surface area contributed by atoms with Gasteiger partial charge in [-0.1, -0.05) is 0 Å². The van der Waals surface area contributed by atoms with E-state index in [4.69, 9.17) is 4.74 Å². The molecule has 1 aromatic rings. The summed E-state index contributed by atoms with van der Waals surface area (Å²) in [5.41, 5.74) is 0.325. The molecule has 0 bridgehead atoms. The summed E-state index contributed by atoms with van der Waals surface area (Å²) < 4.78 is 4.91. The summed E-state index contributed by atoms with van der Waals surface area (Å²) in [6.45, 7) is 2.11. The van der Waals surface area contributed by atoms with Gasteiger partial charge in [-0.3, -0.25) is 4.79 Å². The Bertz CT molecular complexity index is 432. The van der Waals surface area contributed by atoms with Gasteiger partial charge in [0, 0.05) is 20.3 Å². The molecule has 18 heavy (non-hydrogen) atoms. The van der Waals surface area contributed by atoms with E-state index in [1.807, 2.05) is 0 Å². The van der Waals surface area contributed by atoms with E-state index in [0.717, 1.165) is 0 Å². The summed E-state index contributed by atoms with van der Waals surface area (Å²) in [5.74, 6) is -0.202. The highest BCUT2D eigenvalue weighted by molar-refractivity contribution is 5.95. The van der Waals surface area contributed by atoms with E-state index in [1.54, 1.807) is 39.3 Å². The van der Waals surface area contributed by atoms with Crippen molar-refractivity contribution in [1.82, 2.24) is 9.88 Å². The van der Waals surface area contributed by atoms with E-state index in [2.05, 4.69) is 10.3 Å². The fraction of sp³-hybridized carbons (Fsp3) is 0.417. The topological polar surface area (TPSA) is 71.5 Å². The summed E-state index contributed by atoms with van der Waals surface area (Å²) in [6, 6.07) is 3.25. The average Bonchev–Trinajstić information content (AvgIpc) is 2.36. The van der Waals surface area contributed by atoms with Crippen LogP contribution < -0.4 is 5.32 Å². The molecule has 0 atom stereocenters. The van der Waals surface area contributed by atoms with Crippen LogP contribution in [0.1, 0.15) is 17.3 Å². The molecule has 1 aromatic heterocycles. The lowest BCUT2D eigenvalue weighted by Crippen LogP contribution is -2.29. The number of esters is 1. The van der Waals surface area contributed by atoms with Gasteiger partial charge in [0.25, 0.3) is 0 Å². The Morgan fingerprint density at radius 1 is 1.44 bits per heavy atom. The SMILES string of the molecule is CCOC(=O)c1cccnc1NCC(=O)N(C)C. The predicted molar refractivity (Wildman–Crippen MR) is 67.4 cm³/mol. The number of likely N-dealkylation sites (N-methyl/N-ethyl adjacent to an activating group) is 1. The predicted octanol–water partition coefficient (Wildman–Crippen LogP) is 0.758. The third-order valence-corrected chi connectivity index (χ3v) is 2.21. The maximum atomic E-state index is 11.6. The Balaban J connectivity index is 2.76. The number of carbonyl (C=O) groups is 2. The summed E-state index contributed by atoms with van der Waals surface area (Å²) in [5, 5.41) is 2.83. The number of nitrogens with one attached hydrogen (secondary N) is 1. The van der Waals surface area contributed by atoms with E-state index in [0.29, 0.717) is 18.0 Å². The number of ether oxygens (including phenoxy) is 1. The lowest BCUT2D eigenvalue weighted by Gasteiger charge is -2.13. The van der Waals surface area contributed by atoms with Crippen molar-refractivity contribution in [3.8, 4) is 0 Å². The minimum atomic E-state index is -0.453. The van der Waals surface area contributed by atoms with Crippen LogP contribution in [0.25, 0.3) is 0 Å². The standard InChI is InChI=1S/C12H17N3O3/c1-4-18-12(17)9-6-5-7-13-11(9)14-8-10(16)15(2)3/h5-7H,4,8H2,1-3H3,(H,13,14). The maximum absolute atomic E-state index is 11.6. The summed E-state index contributed by atoms with van der Waals surface area (Å²) in [6.07, 6.45) is 1.55. The quantitative estimate of drug-likeness (QED) is 0.782. The number of amides is 1.